The molecule has 0 saturated carbocycles. The smallest absolute Gasteiger partial charge is 0.394 e. The summed E-state index contributed by atoms with van der Waals surface area (Å²) in [5, 5.41) is 139. The van der Waals surface area contributed by atoms with Crippen LogP contribution in [-0.4, -0.2) is 427 Å². The SMILES string of the molecule is CO[C@@H]1[C@H](OP(=O)(O)OC[C@@H]2C[C@@H](O)CN2C(=O)CCCCCCCCCCC(=O)NC(COCCC(=O)NCCCNC(=O)CCCCOC2O[C@H](CO)[C@H](O)[C@H](O)[C@H]2NC(C)=O)(COCCC(=O)NCCCNC(=O)CCCCO[C@@H]2O[C@H](CO)[C@H](O)[C@H](O)[C@H]2NC(C)=O)COCCC(=O)NCCCNC(=O)CCCCO[C@@H]2O[C@H](CO)[C@H](O)[C@H](O)[C@H]2NC(C)=O)[C@@H](CO)O[C@H]1N(/C=C\C(C)=O)C(C)=O. The Labute approximate surface area is 826 Å². The van der Waals surface area contributed by atoms with Crippen LogP contribution in [0.1, 0.15) is 202 Å². The summed E-state index contributed by atoms with van der Waals surface area (Å²) in [5.74, 6) is -5.33. The fourth-order valence-electron chi connectivity index (χ4n) is 16.1. The minimum Gasteiger partial charge on any atom is -0.394 e. The molecule has 5 fully saturated rings. The molecule has 0 radical (unpaired) electrons. The van der Waals surface area contributed by atoms with Gasteiger partial charge in [0.15, 0.2) is 30.9 Å². The third-order valence-electron chi connectivity index (χ3n) is 23.7. The number of nitrogens with zero attached hydrogens (tertiary/aromatic N) is 2. The molecule has 5 aliphatic rings. The van der Waals surface area contributed by atoms with Crippen molar-refractivity contribution in [1.29, 1.82) is 0 Å². The van der Waals surface area contributed by atoms with Crippen molar-refractivity contribution in [2.24, 2.45) is 0 Å². The molecule has 5 saturated heterocycles. The summed E-state index contributed by atoms with van der Waals surface area (Å²) in [6.07, 6.45) is -11.3. The second kappa shape index (κ2) is 68.7. The van der Waals surface area contributed by atoms with Crippen molar-refractivity contribution in [1.82, 2.24) is 63.0 Å². The monoisotopic (exact) mass is 2060 g/mol. The molecule has 0 aromatic carbocycles. The van der Waals surface area contributed by atoms with Crippen molar-refractivity contribution in [3.05, 3.63) is 12.3 Å². The van der Waals surface area contributed by atoms with Gasteiger partial charge in [0.2, 0.25) is 70.9 Å². The maximum atomic E-state index is 14.2. The molecule has 5 rings (SSSR count). The molecule has 142 heavy (non-hydrogen) atoms. The highest BCUT2D eigenvalue weighted by Gasteiger charge is 2.53. The van der Waals surface area contributed by atoms with Crippen molar-refractivity contribution in [2.75, 3.05) is 145 Å². The van der Waals surface area contributed by atoms with Crippen LogP contribution in [0.2, 0.25) is 0 Å². The van der Waals surface area contributed by atoms with E-state index in [0.29, 0.717) is 83.5 Å². The van der Waals surface area contributed by atoms with E-state index in [1.165, 1.54) is 46.6 Å². The summed E-state index contributed by atoms with van der Waals surface area (Å²) in [4.78, 5) is 179. The molecule has 0 aliphatic carbocycles. The van der Waals surface area contributed by atoms with Crippen LogP contribution in [0.25, 0.3) is 0 Å². The van der Waals surface area contributed by atoms with Gasteiger partial charge in [-0.2, -0.15) is 0 Å². The molecule has 0 aromatic rings. The van der Waals surface area contributed by atoms with E-state index < -0.39 is 228 Å². The molecule has 22 N–H and O–H groups in total. The second-order valence-corrected chi connectivity index (χ2v) is 37.1. The van der Waals surface area contributed by atoms with Crippen LogP contribution >= 0.6 is 7.82 Å². The quantitative estimate of drug-likeness (QED) is 0.0153. The van der Waals surface area contributed by atoms with Gasteiger partial charge in [0.25, 0.3) is 0 Å². The summed E-state index contributed by atoms with van der Waals surface area (Å²) in [7, 11) is -3.78. The molecule has 5 heterocycles. The average molecular weight is 2060 g/mol. The summed E-state index contributed by atoms with van der Waals surface area (Å²) in [6.45, 7) is 2.80. The molecule has 22 atom stereocenters. The highest BCUT2D eigenvalue weighted by Crippen LogP contribution is 2.49. The summed E-state index contributed by atoms with van der Waals surface area (Å²) >= 11 is 0. The minimum atomic E-state index is -5.01. The van der Waals surface area contributed by atoms with Crippen LogP contribution in [0.5, 0.6) is 0 Å². The van der Waals surface area contributed by atoms with Crippen molar-refractivity contribution in [3.8, 4) is 0 Å². The van der Waals surface area contributed by atoms with Gasteiger partial charge in [0.1, 0.15) is 96.9 Å². The molecular formula is C90H157N12O39P. The second-order valence-electron chi connectivity index (χ2n) is 35.7. The Morgan fingerprint density at radius 2 is 0.754 bits per heavy atom. The Hall–Kier alpha value is -7.72. The normalized spacial score (nSPS) is 26.0. The predicted octanol–water partition coefficient (Wildman–Crippen LogP) is -5.63. The van der Waals surface area contributed by atoms with Gasteiger partial charge in [-0.1, -0.05) is 38.5 Å². The number of ether oxygens (including phenoxy) is 11. The maximum Gasteiger partial charge on any atom is 0.472 e. The minimum absolute atomic E-state index is 0.0244. The number of hydrogen-bond donors (Lipinski definition) is 22. The fraction of sp³-hybridized carbons (Fsp3) is 0.833. The van der Waals surface area contributed by atoms with E-state index in [0.717, 1.165) is 42.9 Å². The third kappa shape index (κ3) is 47.0. The highest BCUT2D eigenvalue weighted by atomic mass is 31.2. The van der Waals surface area contributed by atoms with Gasteiger partial charge in [-0.25, -0.2) is 4.57 Å². The van der Waals surface area contributed by atoms with E-state index in [4.69, 9.17) is 61.2 Å². The number of carbonyl (C=O) groups excluding carboxylic acids is 13. The summed E-state index contributed by atoms with van der Waals surface area (Å²) < 4.78 is 87.9. The number of amides is 12. The van der Waals surface area contributed by atoms with E-state index in [1.807, 2.05) is 0 Å². The van der Waals surface area contributed by atoms with Crippen molar-refractivity contribution in [3.63, 3.8) is 0 Å². The number of methoxy groups -OCH3 is 1. The molecule has 0 spiro atoms. The number of β-amino-alcohol motifs (C(OH)–C–C–N with tert-alkyl or cyclic N) is 1. The Morgan fingerprint density at radius 3 is 1.09 bits per heavy atom. The van der Waals surface area contributed by atoms with Gasteiger partial charge in [-0.3, -0.25) is 76.3 Å². The molecule has 12 amide bonds. The fourth-order valence-corrected chi connectivity index (χ4v) is 17.1. The number of unbranched alkanes of at least 4 members (excludes halogenated alkanes) is 10. The first-order valence-corrected chi connectivity index (χ1v) is 50.4. The number of phosphoric acid groups is 1. The van der Waals surface area contributed by atoms with Crippen LogP contribution < -0.4 is 53.2 Å². The van der Waals surface area contributed by atoms with Crippen LogP contribution in [0, 0.1) is 0 Å². The standard InChI is InChI=1S/C90H157N12O39P/c1-56(107)29-39-101(60(5)111)86-85(129-6)84(66(51-106)137-86)141-142(127,128)136-52-61-46-62(112)47-102(61)74(120)28-14-12-10-8-7-9-11-13-27-73(119)100-90(53-130-43-30-70(116)94-36-21-33-91-67(113)24-15-18-40-133-87-75(97-57(2)108)81(124)78(121)63(48-103)138-87,54-131-44-31-71(117)95-37-22-34-92-68(114)25-16-19-41-134-88-76(98-58(3)109)82(125)79(122)64(49-104)139-88)55-132-45-32-72(118)96-38-23-35-93-69(115)26-17-20-42-135-89-77(99-59(4)110)83(126)80(123)65(50-105)140-89/h29,39,61-66,75-89,103-106,112,121-126H,7-28,30-38,40-55H2,1-6H3,(H,91,113)(H,92,114)(H,93,115)(H,94,116)(H,95,117)(H,96,118)(H,97,108)(H,98,109)(H,99,110)(H,100,119)(H,127,128)/b39-29-/t61-,62+,63+,64+,65+,66+,75+,76+,77+,78-,79-,80-,81+,82+,83+,84+,85+,86+,87+,88+,89?/m0/s1. The van der Waals surface area contributed by atoms with Crippen molar-refractivity contribution < 1.29 is 189 Å². The van der Waals surface area contributed by atoms with E-state index in [-0.39, 0.29) is 187 Å². The first-order chi connectivity index (χ1) is 67.8. The first kappa shape index (κ1) is 125. The lowest BCUT2D eigenvalue weighted by Crippen LogP contribution is -2.64. The largest absolute Gasteiger partial charge is 0.472 e. The zero-order valence-electron chi connectivity index (χ0n) is 82.2. The molecule has 51 nitrogen and oxygen atoms in total. The number of ketones is 1. The number of aliphatic hydroxyl groups is 11. The Kier molecular flexibility index (Phi) is 60.3. The van der Waals surface area contributed by atoms with Crippen molar-refractivity contribution in [2.45, 2.75) is 336 Å². The lowest BCUT2D eigenvalue weighted by Gasteiger charge is -2.42. The van der Waals surface area contributed by atoms with Crippen molar-refractivity contribution >= 4 is 84.5 Å². The summed E-state index contributed by atoms with van der Waals surface area (Å²) in [6, 6.07) is -4.17. The number of nitrogens with one attached hydrogen (secondary N) is 10. The average Bonchev–Trinajstić information content (AvgIpc) is 1.61. The number of hydrogen-bond acceptors (Lipinski definition) is 38. The maximum absolute atomic E-state index is 14.2. The molecular weight excluding hydrogens is 1900 g/mol. The molecule has 0 aromatic heterocycles. The lowest BCUT2D eigenvalue weighted by atomic mass is 9.97. The van der Waals surface area contributed by atoms with Gasteiger partial charge >= 0.3 is 7.82 Å². The van der Waals surface area contributed by atoms with Gasteiger partial charge in [0, 0.05) is 158 Å². The van der Waals surface area contributed by atoms with Gasteiger partial charge in [0.05, 0.1) is 84.8 Å². The third-order valence-corrected chi connectivity index (χ3v) is 24.7. The van der Waals surface area contributed by atoms with Crippen LogP contribution in [-0.2, 0) is 128 Å². The lowest BCUT2D eigenvalue weighted by molar-refractivity contribution is -0.270. The number of aliphatic hydroxyl groups excluding tert-OH is 11. The van der Waals surface area contributed by atoms with E-state index in [1.54, 1.807) is 0 Å². The molecule has 0 bridgehead atoms. The number of allylic oxidation sites excluding steroid dienone is 1. The zero-order valence-corrected chi connectivity index (χ0v) is 83.1. The Bertz CT molecular complexity index is 3630. The summed E-state index contributed by atoms with van der Waals surface area (Å²) in [5.41, 5.74) is -1.50. The predicted molar refractivity (Wildman–Crippen MR) is 496 cm³/mol. The Balaban J connectivity index is 1.15. The van der Waals surface area contributed by atoms with Gasteiger partial charge in [-0.15, -0.1) is 0 Å². The molecule has 5 aliphatic heterocycles. The van der Waals surface area contributed by atoms with Crippen LogP contribution in [0.3, 0.4) is 0 Å². The highest BCUT2D eigenvalue weighted by molar-refractivity contribution is 7.47. The number of rotatable bonds is 73. The number of phosphoric ester groups is 1. The molecule has 52 heteroatoms. The van der Waals surface area contributed by atoms with Gasteiger partial charge < -0.3 is 171 Å². The number of carbonyl (C=O) groups is 13. The first-order valence-electron chi connectivity index (χ1n) is 48.9. The van der Waals surface area contributed by atoms with Crippen LogP contribution in [0.15, 0.2) is 12.3 Å². The van der Waals surface area contributed by atoms with Crippen LogP contribution in [0.4, 0.5) is 0 Å². The molecule has 816 valence electrons. The number of likely N-dealkylation sites (tertiary alicyclic amines) is 1. The molecule has 2 unspecified atom stereocenters. The van der Waals surface area contributed by atoms with E-state index in [9.17, 15) is 128 Å². The van der Waals surface area contributed by atoms with Gasteiger partial charge in [-0.05, 0) is 90.0 Å². The van der Waals surface area contributed by atoms with E-state index in [2.05, 4.69) is 53.2 Å². The topological polar surface area (TPSA) is 729 Å². The Morgan fingerprint density at radius 1 is 0.415 bits per heavy atom. The zero-order chi connectivity index (χ0) is 105. The van der Waals surface area contributed by atoms with E-state index >= 15 is 0 Å².